The highest BCUT2D eigenvalue weighted by Crippen LogP contribution is 2.44. The second-order valence-corrected chi connectivity index (χ2v) is 16.5. The number of hydrogen-bond acceptors (Lipinski definition) is 28. The van der Waals surface area contributed by atoms with Gasteiger partial charge in [0.1, 0.15) is 102 Å². The maximum absolute atomic E-state index is 13.9. The Kier molecular flexibility index (Phi) is 39.6. The first-order valence-corrected chi connectivity index (χ1v) is 24.8. The number of ether oxygens (including phenoxy) is 16. The highest BCUT2D eigenvalue weighted by Gasteiger charge is 2.58. The molecule has 0 radical (unpaired) electrons. The van der Waals surface area contributed by atoms with Crippen LogP contribution in [0.3, 0.4) is 0 Å². The van der Waals surface area contributed by atoms with Gasteiger partial charge < -0.3 is 75.8 Å². The molecule has 0 aromatic carbocycles. The molecule has 0 heterocycles. The van der Waals surface area contributed by atoms with Crippen LogP contribution in [0.1, 0.15) is 59.8 Å². The number of ketones is 4. The van der Waals surface area contributed by atoms with Crippen LogP contribution < -0.4 is 0 Å². The van der Waals surface area contributed by atoms with Crippen LogP contribution in [0, 0.1) is 23.7 Å². The lowest BCUT2D eigenvalue weighted by Crippen LogP contribution is -2.39. The molecule has 0 N–H and O–H groups in total. The van der Waals surface area contributed by atoms with Gasteiger partial charge >= 0.3 is 47.8 Å². The molecule has 1 aliphatic rings. The maximum atomic E-state index is 13.9. The van der Waals surface area contributed by atoms with Crippen molar-refractivity contribution in [3.8, 4) is 0 Å². The number of Topliss-reactive ketones (excluding diaryl/α,β-unsaturated/α-hetero) is 4. The fraction of sp³-hybridized carbons (Fsp3) is 0.755. The Labute approximate surface area is 445 Å². The Balaban J connectivity index is 2.99. The number of esters is 8. The maximum Gasteiger partial charge on any atom is 0.313 e. The molecule has 1 saturated carbocycles. The van der Waals surface area contributed by atoms with E-state index in [1.165, 1.54) is 27.7 Å². The predicted octanol–water partition coefficient (Wildman–Crippen LogP) is -0.750. The summed E-state index contributed by atoms with van der Waals surface area (Å²) < 4.78 is 84.4. The van der Waals surface area contributed by atoms with Gasteiger partial charge in [-0.1, -0.05) is 0 Å². The van der Waals surface area contributed by atoms with Gasteiger partial charge in [-0.15, -0.1) is 0 Å². The Hall–Kier alpha value is -5.88. The SMILES string of the molecule is CC(=O)CC(=O)OCCOCCOCCOC(=O)C1CC(C(=O)OCCOCCOCCOC(=O)CC(C)=O)C(C(=O)OCCOCCOCCOC(=O)CC(C)=O)C1C(=O)OCCOCCOCCOC(=O)CC(C)=O. The van der Waals surface area contributed by atoms with E-state index < -0.39 is 77.8 Å². The van der Waals surface area contributed by atoms with Gasteiger partial charge in [-0.05, 0) is 34.1 Å². The van der Waals surface area contributed by atoms with Crippen molar-refractivity contribution in [1.29, 1.82) is 0 Å². The number of hydrogen-bond donors (Lipinski definition) is 0. The third kappa shape index (κ3) is 36.7. The van der Waals surface area contributed by atoms with Crippen molar-refractivity contribution >= 4 is 70.9 Å². The van der Waals surface area contributed by atoms with E-state index in [0.717, 1.165) is 0 Å². The summed E-state index contributed by atoms with van der Waals surface area (Å²) in [6.07, 6.45) is -1.83. The van der Waals surface area contributed by atoms with Crippen LogP contribution in [0.4, 0.5) is 0 Å². The van der Waals surface area contributed by atoms with Crippen molar-refractivity contribution in [2.75, 3.05) is 159 Å². The predicted molar refractivity (Wildman–Crippen MR) is 254 cm³/mol. The molecule has 0 aliphatic heterocycles. The molecule has 4 unspecified atom stereocenters. The van der Waals surface area contributed by atoms with E-state index in [9.17, 15) is 57.5 Å². The van der Waals surface area contributed by atoms with Gasteiger partial charge in [0.15, 0.2) is 0 Å². The largest absolute Gasteiger partial charge is 0.463 e. The highest BCUT2D eigenvalue weighted by molar-refractivity contribution is 5.96. The van der Waals surface area contributed by atoms with E-state index in [1.54, 1.807) is 0 Å². The second-order valence-electron chi connectivity index (χ2n) is 16.5. The zero-order valence-corrected chi connectivity index (χ0v) is 44.2. The van der Waals surface area contributed by atoms with Gasteiger partial charge in [0.05, 0.1) is 129 Å². The molecule has 28 nitrogen and oxygen atoms in total. The van der Waals surface area contributed by atoms with E-state index in [-0.39, 0.29) is 207 Å². The number of rotatable bonds is 48. The van der Waals surface area contributed by atoms with E-state index in [2.05, 4.69) is 0 Å². The average Bonchev–Trinajstić information content (AvgIpc) is 3.77. The van der Waals surface area contributed by atoms with Gasteiger partial charge in [0.25, 0.3) is 0 Å². The Morgan fingerprint density at radius 2 is 0.416 bits per heavy atom. The van der Waals surface area contributed by atoms with E-state index in [0.29, 0.717) is 0 Å². The zero-order chi connectivity index (χ0) is 57.1. The molecule has 77 heavy (non-hydrogen) atoms. The lowest BCUT2D eigenvalue weighted by molar-refractivity contribution is -0.170. The highest BCUT2D eigenvalue weighted by atomic mass is 16.6. The molecule has 0 aromatic heterocycles. The molecular weight excluding hydrogens is 1040 g/mol. The molecule has 1 rings (SSSR count). The quantitative estimate of drug-likeness (QED) is 0.0313. The Bertz CT molecular complexity index is 1710. The molecule has 28 heteroatoms. The molecular formula is C49H74O28. The lowest BCUT2D eigenvalue weighted by atomic mass is 9.86. The topological polar surface area (TPSA) is 353 Å². The molecule has 0 aromatic rings. The molecule has 0 bridgehead atoms. The van der Waals surface area contributed by atoms with Gasteiger partial charge in [0.2, 0.25) is 0 Å². The summed E-state index contributed by atoms with van der Waals surface area (Å²) in [5.41, 5.74) is 0. The van der Waals surface area contributed by atoms with Crippen LogP contribution in [0.2, 0.25) is 0 Å². The summed E-state index contributed by atoms with van der Waals surface area (Å²) in [7, 11) is 0. The summed E-state index contributed by atoms with van der Waals surface area (Å²) in [6, 6.07) is 0. The van der Waals surface area contributed by atoms with Crippen molar-refractivity contribution < 1.29 is 133 Å². The van der Waals surface area contributed by atoms with Crippen molar-refractivity contribution in [1.82, 2.24) is 0 Å². The van der Waals surface area contributed by atoms with E-state index in [1.807, 2.05) is 0 Å². The van der Waals surface area contributed by atoms with E-state index in [4.69, 9.17) is 75.8 Å². The summed E-state index contributed by atoms with van der Waals surface area (Å²) in [6.45, 7) is 3.20. The monoisotopic (exact) mass is 1110 g/mol. The lowest BCUT2D eigenvalue weighted by Gasteiger charge is -2.23. The van der Waals surface area contributed by atoms with Gasteiger partial charge in [-0.2, -0.15) is 0 Å². The molecule has 0 saturated heterocycles. The molecule has 438 valence electrons. The zero-order valence-electron chi connectivity index (χ0n) is 44.2. The minimum Gasteiger partial charge on any atom is -0.463 e. The molecule has 4 atom stereocenters. The van der Waals surface area contributed by atoms with Crippen LogP contribution in [0.5, 0.6) is 0 Å². The number of carbonyl (C=O) groups is 12. The van der Waals surface area contributed by atoms with Crippen LogP contribution >= 0.6 is 0 Å². The summed E-state index contributed by atoms with van der Waals surface area (Å²) in [5.74, 6) is -14.3. The average molecular weight is 1110 g/mol. The van der Waals surface area contributed by atoms with Crippen LogP contribution in [-0.2, 0) is 133 Å². The normalized spacial score (nSPS) is 15.6. The Morgan fingerprint density at radius 1 is 0.247 bits per heavy atom. The van der Waals surface area contributed by atoms with Crippen molar-refractivity contribution in [2.24, 2.45) is 23.7 Å². The number of carbonyl (C=O) groups excluding carboxylic acids is 12. The van der Waals surface area contributed by atoms with Crippen molar-refractivity contribution in [2.45, 2.75) is 59.8 Å². The third-order valence-electron chi connectivity index (χ3n) is 9.82. The van der Waals surface area contributed by atoms with Crippen molar-refractivity contribution in [3.63, 3.8) is 0 Å². The van der Waals surface area contributed by atoms with E-state index >= 15 is 0 Å². The standard InChI is InChI=1S/C49H74O28/c1-34(50)29-40(54)70-21-13-62-5-9-66-17-25-74-46(58)38-33-39(47(59)75-26-18-67-10-6-63-14-22-71-41(55)30-35(2)51)45(49(61)77-28-20-69-12-8-65-16-24-73-43(57)32-37(4)53)44(38)48(60)76-27-19-68-11-7-64-15-23-72-42(56)31-36(3)52/h38-39,44-45H,5-33H2,1-4H3. The van der Waals surface area contributed by atoms with Crippen LogP contribution in [0.25, 0.3) is 0 Å². The molecule has 1 fully saturated rings. The second kappa shape index (κ2) is 44.1. The smallest absolute Gasteiger partial charge is 0.313 e. The molecule has 1 aliphatic carbocycles. The minimum absolute atomic E-state index is 0.0210. The first-order chi connectivity index (χ1) is 36.9. The third-order valence-corrected chi connectivity index (χ3v) is 9.82. The summed E-state index contributed by atoms with van der Waals surface area (Å²) in [4.78, 5) is 145. The van der Waals surface area contributed by atoms with Crippen molar-refractivity contribution in [3.05, 3.63) is 0 Å². The fourth-order valence-corrected chi connectivity index (χ4v) is 6.55. The summed E-state index contributed by atoms with van der Waals surface area (Å²) >= 11 is 0. The Morgan fingerprint density at radius 3 is 0.610 bits per heavy atom. The first-order valence-electron chi connectivity index (χ1n) is 24.8. The van der Waals surface area contributed by atoms with Gasteiger partial charge in [0, 0.05) is 0 Å². The molecule has 0 amide bonds. The van der Waals surface area contributed by atoms with Gasteiger partial charge in [-0.25, -0.2) is 0 Å². The van der Waals surface area contributed by atoms with Gasteiger partial charge in [-0.3, -0.25) is 57.5 Å². The van der Waals surface area contributed by atoms with Crippen LogP contribution in [-0.4, -0.2) is 229 Å². The fourth-order valence-electron chi connectivity index (χ4n) is 6.55. The molecule has 0 spiro atoms. The van der Waals surface area contributed by atoms with Crippen LogP contribution in [0.15, 0.2) is 0 Å². The minimum atomic E-state index is -1.63. The first kappa shape index (κ1) is 69.1. The summed E-state index contributed by atoms with van der Waals surface area (Å²) in [5, 5.41) is 0.